The number of hydrogen-bond donors (Lipinski definition) is 1. The fourth-order valence-electron chi connectivity index (χ4n) is 4.69. The molecular formula is C26H34N4O2. The fraction of sp³-hybridized carbons (Fsp3) is 0.462. The molecule has 2 aliphatic heterocycles. The Kier molecular flexibility index (Phi) is 6.51. The molecule has 1 unspecified atom stereocenters. The highest BCUT2D eigenvalue weighted by Gasteiger charge is 2.36. The van der Waals surface area contributed by atoms with Crippen LogP contribution in [0.3, 0.4) is 0 Å². The molecule has 2 fully saturated rings. The molecule has 4 rings (SSSR count). The van der Waals surface area contributed by atoms with E-state index in [1.807, 2.05) is 45.0 Å². The molecule has 2 amide bonds. The molecule has 32 heavy (non-hydrogen) atoms. The van der Waals surface area contributed by atoms with Crippen molar-refractivity contribution in [3.63, 3.8) is 0 Å². The molecule has 0 bridgehead atoms. The third-order valence-corrected chi connectivity index (χ3v) is 7.02. The second-order valence-corrected chi connectivity index (χ2v) is 9.03. The number of likely N-dealkylation sites (N-methyl/N-ethyl adjacent to an activating group) is 1. The molecule has 2 aromatic carbocycles. The summed E-state index contributed by atoms with van der Waals surface area (Å²) in [4.78, 5) is 32.3. The summed E-state index contributed by atoms with van der Waals surface area (Å²) in [5.41, 5.74) is 6.22. The predicted molar refractivity (Wildman–Crippen MR) is 131 cm³/mol. The van der Waals surface area contributed by atoms with Crippen LogP contribution in [0.5, 0.6) is 0 Å². The van der Waals surface area contributed by atoms with Crippen molar-refractivity contribution in [2.24, 2.45) is 5.92 Å². The Hall–Kier alpha value is -2.86. The van der Waals surface area contributed by atoms with Crippen LogP contribution in [0.4, 0.5) is 17.1 Å². The lowest BCUT2D eigenvalue weighted by atomic mass is 10.1. The first-order valence-corrected chi connectivity index (χ1v) is 11.6. The highest BCUT2D eigenvalue weighted by Crippen LogP contribution is 2.31. The van der Waals surface area contributed by atoms with E-state index in [0.29, 0.717) is 6.54 Å². The van der Waals surface area contributed by atoms with Gasteiger partial charge in [0.05, 0.1) is 5.92 Å². The number of aryl methyl sites for hydroxylation is 2. The van der Waals surface area contributed by atoms with Crippen LogP contribution < -0.4 is 15.1 Å². The molecule has 6 nitrogen and oxygen atoms in total. The summed E-state index contributed by atoms with van der Waals surface area (Å²) in [6.07, 6.45) is 0.248. The zero-order valence-corrected chi connectivity index (χ0v) is 19.6. The molecule has 170 valence electrons. The number of hydrogen-bond acceptors (Lipinski definition) is 4. The van der Waals surface area contributed by atoms with Crippen molar-refractivity contribution in [3.05, 3.63) is 53.1 Å². The zero-order chi connectivity index (χ0) is 22.8. The fourth-order valence-corrected chi connectivity index (χ4v) is 4.69. The largest absolute Gasteiger partial charge is 0.369 e. The Labute approximate surface area is 191 Å². The van der Waals surface area contributed by atoms with Crippen LogP contribution in [0, 0.1) is 26.7 Å². The van der Waals surface area contributed by atoms with Gasteiger partial charge in [-0.3, -0.25) is 9.59 Å². The van der Waals surface area contributed by atoms with E-state index in [1.165, 1.54) is 5.69 Å². The topological polar surface area (TPSA) is 55.9 Å². The smallest absolute Gasteiger partial charge is 0.229 e. The minimum atomic E-state index is -0.344. The number of carbonyl (C=O) groups excluding carboxylic acids is 2. The van der Waals surface area contributed by atoms with Crippen molar-refractivity contribution in [2.45, 2.75) is 34.1 Å². The van der Waals surface area contributed by atoms with Crippen LogP contribution in [-0.4, -0.2) is 56.0 Å². The van der Waals surface area contributed by atoms with Crippen LogP contribution >= 0.6 is 0 Å². The SMILES string of the molecule is CCN1CCN(c2ccc(NC(=O)C3CC(=O)N(c4cccc(C)c4C)C3)c(C)c2)CC1. The minimum Gasteiger partial charge on any atom is -0.369 e. The van der Waals surface area contributed by atoms with Gasteiger partial charge in [0, 0.05) is 56.2 Å². The van der Waals surface area contributed by atoms with Gasteiger partial charge in [0.2, 0.25) is 11.8 Å². The molecule has 6 heteroatoms. The van der Waals surface area contributed by atoms with Gasteiger partial charge in [-0.15, -0.1) is 0 Å². The summed E-state index contributed by atoms with van der Waals surface area (Å²) in [5, 5.41) is 3.07. The van der Waals surface area contributed by atoms with Gasteiger partial charge in [0.25, 0.3) is 0 Å². The van der Waals surface area contributed by atoms with E-state index in [2.05, 4.69) is 34.2 Å². The minimum absolute atomic E-state index is 0.0112. The Balaban J connectivity index is 1.41. The Morgan fingerprint density at radius 3 is 2.47 bits per heavy atom. The second-order valence-electron chi connectivity index (χ2n) is 9.03. The predicted octanol–water partition coefficient (Wildman–Crippen LogP) is 3.75. The van der Waals surface area contributed by atoms with E-state index in [-0.39, 0.29) is 24.2 Å². The summed E-state index contributed by atoms with van der Waals surface area (Å²) in [5.74, 6) is -0.417. The quantitative estimate of drug-likeness (QED) is 0.779. The molecule has 0 aliphatic carbocycles. The molecule has 2 aliphatic rings. The Bertz CT molecular complexity index is 1010. The van der Waals surface area contributed by atoms with Crippen molar-refractivity contribution < 1.29 is 9.59 Å². The van der Waals surface area contributed by atoms with Crippen molar-refractivity contribution in [2.75, 3.05) is 54.4 Å². The van der Waals surface area contributed by atoms with Crippen LogP contribution in [0.1, 0.15) is 30.0 Å². The average molecular weight is 435 g/mol. The number of amides is 2. The molecule has 2 aromatic rings. The van der Waals surface area contributed by atoms with Gasteiger partial charge in [0.1, 0.15) is 0 Å². The van der Waals surface area contributed by atoms with Gasteiger partial charge in [0.15, 0.2) is 0 Å². The number of rotatable bonds is 5. The molecule has 1 atom stereocenters. The average Bonchev–Trinajstić information content (AvgIpc) is 3.18. The number of nitrogens with one attached hydrogen (secondary N) is 1. The summed E-state index contributed by atoms with van der Waals surface area (Å²) >= 11 is 0. The second kappa shape index (κ2) is 9.33. The van der Waals surface area contributed by atoms with Gasteiger partial charge < -0.3 is 20.0 Å². The van der Waals surface area contributed by atoms with Crippen LogP contribution in [0.15, 0.2) is 36.4 Å². The first-order chi connectivity index (χ1) is 15.4. The standard InChI is InChI=1S/C26H34N4O2/c1-5-28-11-13-29(14-12-28)22-9-10-23(19(3)15-22)27-26(32)21-16-25(31)30(17-21)24-8-6-7-18(2)20(24)4/h6-10,15,21H,5,11-14,16-17H2,1-4H3,(H,27,32). The Morgan fingerprint density at radius 1 is 1.03 bits per heavy atom. The maximum atomic E-state index is 13.0. The molecule has 0 spiro atoms. The number of piperazine rings is 1. The maximum absolute atomic E-state index is 13.0. The van der Waals surface area contributed by atoms with Crippen LogP contribution in [-0.2, 0) is 9.59 Å². The first kappa shape index (κ1) is 22.3. The van der Waals surface area contributed by atoms with Gasteiger partial charge in [-0.2, -0.15) is 0 Å². The number of benzene rings is 2. The van der Waals surface area contributed by atoms with Gasteiger partial charge >= 0.3 is 0 Å². The zero-order valence-electron chi connectivity index (χ0n) is 19.6. The number of carbonyl (C=O) groups is 2. The highest BCUT2D eigenvalue weighted by atomic mass is 16.2. The van der Waals surface area contributed by atoms with E-state index in [4.69, 9.17) is 0 Å². The third kappa shape index (κ3) is 4.51. The van der Waals surface area contributed by atoms with E-state index in [9.17, 15) is 9.59 Å². The molecular weight excluding hydrogens is 400 g/mol. The van der Waals surface area contributed by atoms with Crippen molar-refractivity contribution in [1.29, 1.82) is 0 Å². The van der Waals surface area contributed by atoms with Crippen molar-refractivity contribution in [1.82, 2.24) is 4.90 Å². The van der Waals surface area contributed by atoms with Gasteiger partial charge in [-0.1, -0.05) is 19.1 Å². The van der Waals surface area contributed by atoms with Crippen molar-refractivity contribution >= 4 is 28.9 Å². The summed E-state index contributed by atoms with van der Waals surface area (Å²) in [6.45, 7) is 14.0. The van der Waals surface area contributed by atoms with E-state index >= 15 is 0 Å². The first-order valence-electron chi connectivity index (χ1n) is 11.6. The number of anilines is 3. The number of nitrogens with zero attached hydrogens (tertiary/aromatic N) is 3. The van der Waals surface area contributed by atoms with Gasteiger partial charge in [-0.25, -0.2) is 0 Å². The molecule has 2 saturated heterocycles. The molecule has 0 aromatic heterocycles. The molecule has 1 N–H and O–H groups in total. The summed E-state index contributed by atoms with van der Waals surface area (Å²) in [6, 6.07) is 12.2. The molecule has 2 heterocycles. The van der Waals surface area contributed by atoms with Crippen LogP contribution in [0.2, 0.25) is 0 Å². The summed E-state index contributed by atoms with van der Waals surface area (Å²) < 4.78 is 0. The summed E-state index contributed by atoms with van der Waals surface area (Å²) in [7, 11) is 0. The monoisotopic (exact) mass is 434 g/mol. The highest BCUT2D eigenvalue weighted by molar-refractivity contribution is 6.04. The third-order valence-electron chi connectivity index (χ3n) is 7.02. The van der Waals surface area contributed by atoms with Crippen LogP contribution in [0.25, 0.3) is 0 Å². The van der Waals surface area contributed by atoms with E-state index in [0.717, 1.165) is 60.8 Å². The lowest BCUT2D eigenvalue weighted by molar-refractivity contribution is -0.122. The Morgan fingerprint density at radius 2 is 1.78 bits per heavy atom. The van der Waals surface area contributed by atoms with Gasteiger partial charge in [-0.05, 0) is 68.3 Å². The lowest BCUT2D eigenvalue weighted by Crippen LogP contribution is -2.46. The maximum Gasteiger partial charge on any atom is 0.229 e. The molecule has 0 saturated carbocycles. The molecule has 0 radical (unpaired) electrons. The normalized spacial score (nSPS) is 19.5. The van der Waals surface area contributed by atoms with E-state index < -0.39 is 0 Å². The van der Waals surface area contributed by atoms with E-state index in [1.54, 1.807) is 4.90 Å². The lowest BCUT2D eigenvalue weighted by Gasteiger charge is -2.35. The van der Waals surface area contributed by atoms with Crippen molar-refractivity contribution in [3.8, 4) is 0 Å².